The molecular weight excluding hydrogens is 422 g/mol. The molecule has 4 nitrogen and oxygen atoms in total. The van der Waals surface area contributed by atoms with Crippen molar-refractivity contribution < 1.29 is 14.7 Å². The van der Waals surface area contributed by atoms with E-state index >= 15 is 0 Å². The van der Waals surface area contributed by atoms with Crippen molar-refractivity contribution in [1.29, 1.82) is 0 Å². The van der Waals surface area contributed by atoms with Gasteiger partial charge < -0.3 is 10.4 Å². The standard InChI is InChI=1S/C14H19Br2NO3S/c1-2-3-9(4-5-12(18)19)6-7-17-14(20)11-8-10(15)13(16)21-11/h8-9H,2-7H2,1H3,(H,17,20)(H,18,19). The third kappa shape index (κ3) is 6.93. The molecule has 1 rings (SSSR count). The molecular formula is C14H19Br2NO3S. The number of carbonyl (C=O) groups excluding carboxylic acids is 1. The summed E-state index contributed by atoms with van der Waals surface area (Å²) in [5.41, 5.74) is 0. The van der Waals surface area contributed by atoms with Gasteiger partial charge in [-0.25, -0.2) is 0 Å². The Labute approximate surface area is 145 Å². The van der Waals surface area contributed by atoms with Crippen LogP contribution in [0.1, 0.15) is 48.7 Å². The minimum Gasteiger partial charge on any atom is -0.481 e. The van der Waals surface area contributed by atoms with Gasteiger partial charge in [-0.2, -0.15) is 0 Å². The van der Waals surface area contributed by atoms with Gasteiger partial charge in [-0.1, -0.05) is 19.8 Å². The molecule has 0 aliphatic rings. The van der Waals surface area contributed by atoms with Crippen LogP contribution in [0.15, 0.2) is 14.3 Å². The number of aliphatic carboxylic acids is 1. The average Bonchev–Trinajstić information content (AvgIpc) is 2.76. The zero-order valence-corrected chi connectivity index (χ0v) is 15.8. The van der Waals surface area contributed by atoms with Crippen LogP contribution in [0.4, 0.5) is 0 Å². The van der Waals surface area contributed by atoms with E-state index in [0.717, 1.165) is 27.5 Å². The Morgan fingerprint density at radius 1 is 1.33 bits per heavy atom. The van der Waals surface area contributed by atoms with Crippen LogP contribution in [-0.4, -0.2) is 23.5 Å². The first-order valence-electron chi connectivity index (χ1n) is 6.88. The number of amides is 1. The van der Waals surface area contributed by atoms with E-state index in [1.54, 1.807) is 6.07 Å². The lowest BCUT2D eigenvalue weighted by atomic mass is 9.94. The predicted octanol–water partition coefficient (Wildman–Crippen LogP) is 4.67. The molecule has 1 unspecified atom stereocenters. The van der Waals surface area contributed by atoms with Gasteiger partial charge in [-0.05, 0) is 56.7 Å². The maximum Gasteiger partial charge on any atom is 0.303 e. The molecule has 1 heterocycles. The maximum absolute atomic E-state index is 12.0. The van der Waals surface area contributed by atoms with Crippen molar-refractivity contribution >= 4 is 55.1 Å². The summed E-state index contributed by atoms with van der Waals surface area (Å²) < 4.78 is 1.78. The van der Waals surface area contributed by atoms with Gasteiger partial charge in [0.1, 0.15) is 0 Å². The number of thiophene rings is 1. The van der Waals surface area contributed by atoms with Gasteiger partial charge in [0.2, 0.25) is 0 Å². The fraction of sp³-hybridized carbons (Fsp3) is 0.571. The van der Waals surface area contributed by atoms with E-state index in [-0.39, 0.29) is 12.3 Å². The summed E-state index contributed by atoms with van der Waals surface area (Å²) in [5, 5.41) is 11.6. The van der Waals surface area contributed by atoms with Crippen LogP contribution in [0.2, 0.25) is 0 Å². The highest BCUT2D eigenvalue weighted by Crippen LogP contribution is 2.32. The van der Waals surface area contributed by atoms with Gasteiger partial charge >= 0.3 is 5.97 Å². The molecule has 0 aromatic carbocycles. The van der Waals surface area contributed by atoms with Crippen LogP contribution in [0.25, 0.3) is 0 Å². The lowest BCUT2D eigenvalue weighted by molar-refractivity contribution is -0.137. The number of halogens is 2. The zero-order valence-electron chi connectivity index (χ0n) is 11.8. The number of carbonyl (C=O) groups is 2. The molecule has 0 spiro atoms. The van der Waals surface area contributed by atoms with Crippen LogP contribution < -0.4 is 5.32 Å². The third-order valence-electron chi connectivity index (χ3n) is 3.17. The minimum absolute atomic E-state index is 0.0834. The first-order chi connectivity index (χ1) is 9.93. The highest BCUT2D eigenvalue weighted by molar-refractivity contribution is 9.13. The van der Waals surface area contributed by atoms with Crippen molar-refractivity contribution in [1.82, 2.24) is 5.32 Å². The van der Waals surface area contributed by atoms with E-state index in [4.69, 9.17) is 5.11 Å². The van der Waals surface area contributed by atoms with E-state index in [0.29, 0.717) is 23.8 Å². The summed E-state index contributed by atoms with van der Waals surface area (Å²) in [4.78, 5) is 23.3. The first-order valence-corrected chi connectivity index (χ1v) is 9.29. The lowest BCUT2D eigenvalue weighted by Gasteiger charge is -2.15. The topological polar surface area (TPSA) is 66.4 Å². The number of carboxylic acid groups (broad SMARTS) is 1. The van der Waals surface area contributed by atoms with Gasteiger partial charge in [-0.15, -0.1) is 11.3 Å². The highest BCUT2D eigenvalue weighted by atomic mass is 79.9. The van der Waals surface area contributed by atoms with Crippen molar-refractivity contribution in [3.63, 3.8) is 0 Å². The molecule has 0 bridgehead atoms. The van der Waals surface area contributed by atoms with Gasteiger partial charge in [0.05, 0.1) is 8.66 Å². The maximum atomic E-state index is 12.0. The van der Waals surface area contributed by atoms with E-state index in [2.05, 4.69) is 44.1 Å². The van der Waals surface area contributed by atoms with Crippen molar-refractivity contribution in [3.8, 4) is 0 Å². The Morgan fingerprint density at radius 3 is 2.57 bits per heavy atom. The fourth-order valence-corrected chi connectivity index (χ4v) is 4.06. The Morgan fingerprint density at radius 2 is 2.05 bits per heavy atom. The van der Waals surface area contributed by atoms with Gasteiger partial charge in [0.15, 0.2) is 0 Å². The third-order valence-corrected chi connectivity index (χ3v) is 6.43. The van der Waals surface area contributed by atoms with E-state index < -0.39 is 5.97 Å². The number of hydrogen-bond donors (Lipinski definition) is 2. The van der Waals surface area contributed by atoms with Crippen molar-refractivity contribution in [2.24, 2.45) is 5.92 Å². The summed E-state index contributed by atoms with van der Waals surface area (Å²) in [6, 6.07) is 1.79. The minimum atomic E-state index is -0.756. The fourth-order valence-electron chi connectivity index (χ4n) is 2.10. The average molecular weight is 441 g/mol. The Bertz CT molecular complexity index is 471. The molecule has 0 saturated carbocycles. The van der Waals surface area contributed by atoms with E-state index in [1.807, 2.05) is 0 Å². The van der Waals surface area contributed by atoms with Crippen LogP contribution in [0, 0.1) is 5.92 Å². The molecule has 0 aliphatic heterocycles. The quantitative estimate of drug-likeness (QED) is 0.586. The normalized spacial score (nSPS) is 12.1. The summed E-state index contributed by atoms with van der Waals surface area (Å²) in [6.45, 7) is 2.67. The number of carboxylic acids is 1. The molecule has 7 heteroatoms. The second-order valence-corrected chi connectivity index (χ2v) is 8.09. The monoisotopic (exact) mass is 439 g/mol. The Kier molecular flexibility index (Phi) is 8.51. The molecule has 1 aromatic rings. The second-order valence-electron chi connectivity index (χ2n) is 4.86. The highest BCUT2D eigenvalue weighted by Gasteiger charge is 2.14. The van der Waals surface area contributed by atoms with Gasteiger partial charge in [-0.3, -0.25) is 9.59 Å². The van der Waals surface area contributed by atoms with Crippen LogP contribution >= 0.6 is 43.2 Å². The van der Waals surface area contributed by atoms with E-state index in [9.17, 15) is 9.59 Å². The molecule has 1 amide bonds. The summed E-state index contributed by atoms with van der Waals surface area (Å²) in [6.07, 6.45) is 3.72. The van der Waals surface area contributed by atoms with Crippen molar-refractivity contribution in [2.75, 3.05) is 6.54 Å². The molecule has 0 radical (unpaired) electrons. The summed E-state index contributed by atoms with van der Waals surface area (Å²) in [7, 11) is 0. The van der Waals surface area contributed by atoms with Crippen molar-refractivity contribution in [3.05, 3.63) is 19.2 Å². The molecule has 0 fully saturated rings. The number of hydrogen-bond acceptors (Lipinski definition) is 3. The Balaban J connectivity index is 2.38. The zero-order chi connectivity index (χ0) is 15.8. The molecule has 1 aromatic heterocycles. The SMILES string of the molecule is CCCC(CCNC(=O)c1cc(Br)c(Br)s1)CCC(=O)O. The smallest absolute Gasteiger partial charge is 0.303 e. The Hall–Kier alpha value is -0.400. The molecule has 118 valence electrons. The molecule has 21 heavy (non-hydrogen) atoms. The predicted molar refractivity (Wildman–Crippen MR) is 91.9 cm³/mol. The molecule has 0 saturated heterocycles. The molecule has 2 N–H and O–H groups in total. The summed E-state index contributed by atoms with van der Waals surface area (Å²) >= 11 is 8.11. The van der Waals surface area contributed by atoms with Gasteiger partial charge in [0, 0.05) is 17.4 Å². The van der Waals surface area contributed by atoms with E-state index in [1.165, 1.54) is 11.3 Å². The first kappa shape index (κ1) is 18.6. The van der Waals surface area contributed by atoms with Crippen LogP contribution in [0.3, 0.4) is 0 Å². The molecule has 0 aliphatic carbocycles. The largest absolute Gasteiger partial charge is 0.481 e. The number of nitrogens with one attached hydrogen (secondary N) is 1. The summed E-state index contributed by atoms with van der Waals surface area (Å²) in [5.74, 6) is -0.485. The second kappa shape index (κ2) is 9.58. The van der Waals surface area contributed by atoms with Gasteiger partial charge in [0.25, 0.3) is 5.91 Å². The lowest BCUT2D eigenvalue weighted by Crippen LogP contribution is -2.25. The number of rotatable bonds is 9. The van der Waals surface area contributed by atoms with Crippen LogP contribution in [-0.2, 0) is 4.79 Å². The molecule has 1 atom stereocenters. The van der Waals surface area contributed by atoms with Crippen LogP contribution in [0.5, 0.6) is 0 Å². The van der Waals surface area contributed by atoms with Crippen molar-refractivity contribution in [2.45, 2.75) is 39.0 Å².